The number of ether oxygens (including phenoxy) is 1. The Labute approximate surface area is 131 Å². The molecule has 0 spiro atoms. The molecule has 0 radical (unpaired) electrons. The zero-order valence-electron chi connectivity index (χ0n) is 13.2. The Balaban J connectivity index is 1.45. The molecule has 122 valence electrons. The maximum Gasteiger partial charge on any atom is 0.247 e. The summed E-state index contributed by atoms with van der Waals surface area (Å²) in [4.78, 5) is 20.9. The van der Waals surface area contributed by atoms with Crippen LogP contribution in [0.4, 0.5) is 0 Å². The zero-order valence-corrected chi connectivity index (χ0v) is 13.2. The molecule has 2 aliphatic heterocycles. The highest BCUT2D eigenvalue weighted by Crippen LogP contribution is 2.21. The molecule has 1 unspecified atom stereocenters. The van der Waals surface area contributed by atoms with Crippen LogP contribution in [0, 0.1) is 5.92 Å². The van der Waals surface area contributed by atoms with Gasteiger partial charge in [-0.2, -0.15) is 5.10 Å². The zero-order chi connectivity index (χ0) is 15.4. The third-order valence-corrected chi connectivity index (χ3v) is 4.74. The molecule has 1 amide bonds. The van der Waals surface area contributed by atoms with Crippen molar-refractivity contribution < 1.29 is 9.53 Å². The van der Waals surface area contributed by atoms with Gasteiger partial charge in [-0.3, -0.25) is 9.69 Å². The Morgan fingerprint density at radius 1 is 1.27 bits per heavy atom. The minimum Gasteiger partial charge on any atom is -0.379 e. The molecule has 2 saturated heterocycles. The maximum absolute atomic E-state index is 12.5. The molecule has 1 aromatic rings. The van der Waals surface area contributed by atoms with Gasteiger partial charge in [0.2, 0.25) is 5.91 Å². The standard InChI is InChI=1S/C15H25N5O2/c1-13(20-12-16-11-17-20)15(21)19-4-2-14(3-5-19)10-18-6-8-22-9-7-18/h11-14H,2-10H2,1H3. The van der Waals surface area contributed by atoms with E-state index in [0.29, 0.717) is 5.92 Å². The molecule has 0 saturated carbocycles. The Hall–Kier alpha value is -1.47. The monoisotopic (exact) mass is 307 g/mol. The molecular weight excluding hydrogens is 282 g/mol. The molecule has 1 atom stereocenters. The van der Waals surface area contributed by atoms with Crippen molar-refractivity contribution >= 4 is 5.91 Å². The number of rotatable bonds is 4. The summed E-state index contributed by atoms with van der Waals surface area (Å²) in [5, 5.41) is 4.06. The third kappa shape index (κ3) is 3.64. The molecule has 7 heteroatoms. The highest BCUT2D eigenvalue weighted by molar-refractivity contribution is 5.80. The molecule has 3 heterocycles. The van der Waals surface area contributed by atoms with Gasteiger partial charge in [0.25, 0.3) is 0 Å². The van der Waals surface area contributed by atoms with E-state index in [1.165, 1.54) is 6.33 Å². The molecule has 0 aromatic carbocycles. The van der Waals surface area contributed by atoms with Crippen LogP contribution < -0.4 is 0 Å². The van der Waals surface area contributed by atoms with Gasteiger partial charge in [0.05, 0.1) is 13.2 Å². The van der Waals surface area contributed by atoms with E-state index in [9.17, 15) is 4.79 Å². The van der Waals surface area contributed by atoms with Crippen molar-refractivity contribution in [2.45, 2.75) is 25.8 Å². The first-order chi connectivity index (χ1) is 10.7. The van der Waals surface area contributed by atoms with Gasteiger partial charge in [-0.1, -0.05) is 0 Å². The van der Waals surface area contributed by atoms with Gasteiger partial charge >= 0.3 is 0 Å². The summed E-state index contributed by atoms with van der Waals surface area (Å²) in [6.07, 6.45) is 5.26. The van der Waals surface area contributed by atoms with Gasteiger partial charge in [-0.25, -0.2) is 9.67 Å². The molecule has 3 rings (SSSR count). The van der Waals surface area contributed by atoms with Gasteiger partial charge in [0, 0.05) is 32.7 Å². The maximum atomic E-state index is 12.5. The van der Waals surface area contributed by atoms with E-state index < -0.39 is 0 Å². The van der Waals surface area contributed by atoms with Gasteiger partial charge in [0.15, 0.2) is 0 Å². The van der Waals surface area contributed by atoms with Crippen LogP contribution >= 0.6 is 0 Å². The Morgan fingerprint density at radius 3 is 2.64 bits per heavy atom. The molecule has 2 fully saturated rings. The first-order valence-corrected chi connectivity index (χ1v) is 8.17. The Bertz CT molecular complexity index is 464. The number of piperidine rings is 1. The molecule has 1 aromatic heterocycles. The average molecular weight is 307 g/mol. The highest BCUT2D eigenvalue weighted by Gasteiger charge is 2.28. The van der Waals surface area contributed by atoms with Crippen LogP contribution in [0.3, 0.4) is 0 Å². The van der Waals surface area contributed by atoms with Crippen molar-refractivity contribution in [2.24, 2.45) is 5.92 Å². The van der Waals surface area contributed by atoms with Gasteiger partial charge in [-0.05, 0) is 25.7 Å². The fourth-order valence-electron chi connectivity index (χ4n) is 3.28. The number of carbonyl (C=O) groups excluding carboxylic acids is 1. The largest absolute Gasteiger partial charge is 0.379 e. The average Bonchev–Trinajstić information content (AvgIpc) is 3.10. The van der Waals surface area contributed by atoms with E-state index in [1.807, 2.05) is 11.8 Å². The summed E-state index contributed by atoms with van der Waals surface area (Å²) in [5.74, 6) is 0.846. The van der Waals surface area contributed by atoms with Crippen molar-refractivity contribution in [1.29, 1.82) is 0 Å². The first kappa shape index (κ1) is 15.4. The van der Waals surface area contributed by atoms with E-state index in [0.717, 1.165) is 58.8 Å². The molecule has 2 aliphatic rings. The fraction of sp³-hybridized carbons (Fsp3) is 0.800. The summed E-state index contributed by atoms with van der Waals surface area (Å²) in [6.45, 7) is 8.53. The summed E-state index contributed by atoms with van der Waals surface area (Å²) in [7, 11) is 0. The van der Waals surface area contributed by atoms with Crippen LogP contribution in [0.25, 0.3) is 0 Å². The molecular formula is C15H25N5O2. The number of likely N-dealkylation sites (tertiary alicyclic amines) is 1. The summed E-state index contributed by atoms with van der Waals surface area (Å²) in [5.41, 5.74) is 0. The second-order valence-electron chi connectivity index (χ2n) is 6.23. The molecule has 22 heavy (non-hydrogen) atoms. The lowest BCUT2D eigenvalue weighted by molar-refractivity contribution is -0.136. The Kier molecular flexibility index (Phi) is 5.04. The van der Waals surface area contributed by atoms with E-state index >= 15 is 0 Å². The number of morpholine rings is 1. The lowest BCUT2D eigenvalue weighted by atomic mass is 9.95. The van der Waals surface area contributed by atoms with Crippen LogP contribution in [0.15, 0.2) is 12.7 Å². The molecule has 7 nitrogen and oxygen atoms in total. The lowest BCUT2D eigenvalue weighted by Crippen LogP contribution is -2.45. The van der Waals surface area contributed by atoms with Crippen molar-refractivity contribution in [1.82, 2.24) is 24.6 Å². The second kappa shape index (κ2) is 7.19. The van der Waals surface area contributed by atoms with E-state index in [2.05, 4.69) is 15.0 Å². The minimum absolute atomic E-state index is 0.148. The highest BCUT2D eigenvalue weighted by atomic mass is 16.5. The third-order valence-electron chi connectivity index (χ3n) is 4.74. The van der Waals surface area contributed by atoms with Gasteiger partial charge in [0.1, 0.15) is 18.7 Å². The molecule has 0 N–H and O–H groups in total. The summed E-state index contributed by atoms with van der Waals surface area (Å²) in [6, 6.07) is -0.265. The van der Waals surface area contributed by atoms with Crippen LogP contribution in [0.5, 0.6) is 0 Å². The normalized spacial score (nSPS) is 22.7. The van der Waals surface area contributed by atoms with Gasteiger partial charge < -0.3 is 9.64 Å². The number of hydrogen-bond donors (Lipinski definition) is 0. The van der Waals surface area contributed by atoms with Crippen LogP contribution in [0.1, 0.15) is 25.8 Å². The van der Waals surface area contributed by atoms with Crippen molar-refractivity contribution in [3.63, 3.8) is 0 Å². The van der Waals surface area contributed by atoms with Crippen LogP contribution in [-0.4, -0.2) is 76.4 Å². The van der Waals surface area contributed by atoms with Crippen LogP contribution in [-0.2, 0) is 9.53 Å². The topological polar surface area (TPSA) is 63.5 Å². The SMILES string of the molecule is CC(C(=O)N1CCC(CN2CCOCC2)CC1)n1cncn1. The quantitative estimate of drug-likeness (QED) is 0.806. The van der Waals surface area contributed by atoms with E-state index in [-0.39, 0.29) is 11.9 Å². The second-order valence-corrected chi connectivity index (χ2v) is 6.23. The number of aromatic nitrogens is 3. The number of hydrogen-bond acceptors (Lipinski definition) is 5. The lowest BCUT2D eigenvalue weighted by Gasteiger charge is -2.36. The fourth-order valence-corrected chi connectivity index (χ4v) is 3.28. The minimum atomic E-state index is -0.265. The van der Waals surface area contributed by atoms with Crippen molar-refractivity contribution in [3.8, 4) is 0 Å². The molecule has 0 aliphatic carbocycles. The summed E-state index contributed by atoms with van der Waals surface area (Å²) >= 11 is 0. The Morgan fingerprint density at radius 2 is 2.00 bits per heavy atom. The van der Waals surface area contributed by atoms with Crippen molar-refractivity contribution in [3.05, 3.63) is 12.7 Å². The van der Waals surface area contributed by atoms with E-state index in [4.69, 9.17) is 4.74 Å². The van der Waals surface area contributed by atoms with Crippen molar-refractivity contribution in [2.75, 3.05) is 45.9 Å². The number of amides is 1. The summed E-state index contributed by atoms with van der Waals surface area (Å²) < 4.78 is 7.02. The van der Waals surface area contributed by atoms with Gasteiger partial charge in [-0.15, -0.1) is 0 Å². The smallest absolute Gasteiger partial charge is 0.247 e. The first-order valence-electron chi connectivity index (χ1n) is 8.17. The van der Waals surface area contributed by atoms with E-state index in [1.54, 1.807) is 11.0 Å². The molecule has 0 bridgehead atoms. The van der Waals surface area contributed by atoms with Crippen LogP contribution in [0.2, 0.25) is 0 Å². The predicted octanol–water partition coefficient (Wildman–Crippen LogP) is 0.410. The number of nitrogens with zero attached hydrogens (tertiary/aromatic N) is 5. The predicted molar refractivity (Wildman–Crippen MR) is 81.3 cm³/mol. The number of carbonyl (C=O) groups is 1.